The number of carbonyl (C=O) groups excluding carboxylic acids is 4. The molecule has 0 aliphatic rings. The molecule has 42 heavy (non-hydrogen) atoms. The molecule has 0 aliphatic carbocycles. The molecule has 0 aliphatic heterocycles. The topological polar surface area (TPSA) is 105 Å². The van der Waals surface area contributed by atoms with Gasteiger partial charge in [-0.1, -0.05) is 75.7 Å². The summed E-state index contributed by atoms with van der Waals surface area (Å²) in [5, 5.41) is -0.390. The van der Waals surface area contributed by atoms with Crippen LogP contribution in [0.3, 0.4) is 0 Å². The maximum atomic E-state index is 13.1. The van der Waals surface area contributed by atoms with Gasteiger partial charge in [-0.3, -0.25) is 0 Å². The van der Waals surface area contributed by atoms with Crippen LogP contribution in [0.25, 0.3) is 43.1 Å². The van der Waals surface area contributed by atoms with Crippen LogP contribution in [0.15, 0.2) is 12.1 Å². The Balaban J connectivity index is 2.33. The van der Waals surface area contributed by atoms with Crippen LogP contribution in [0.1, 0.15) is 41.4 Å². The SMILES string of the molecule is COC(=O)c1ccc2c3c(Cl)c(Cl)c(C(=O)OC)c4c(C(=O)OC)c(Cl)c(Cl)c(c5c(Cl)c(Cl)c(C(=O)OC)c1c25)c43. The van der Waals surface area contributed by atoms with Crippen LogP contribution in [-0.4, -0.2) is 52.3 Å². The first-order valence-corrected chi connectivity index (χ1v) is 13.8. The zero-order valence-corrected chi connectivity index (χ0v) is 26.2. The van der Waals surface area contributed by atoms with Crippen molar-refractivity contribution < 1.29 is 38.1 Å². The fourth-order valence-corrected chi connectivity index (χ4v) is 6.94. The molecule has 0 fully saturated rings. The zero-order chi connectivity index (χ0) is 30.9. The Kier molecular flexibility index (Phi) is 7.94. The van der Waals surface area contributed by atoms with E-state index in [1.54, 1.807) is 0 Å². The van der Waals surface area contributed by atoms with Crippen LogP contribution in [0.5, 0.6) is 0 Å². The second-order valence-electron chi connectivity index (χ2n) is 8.76. The molecule has 14 heteroatoms. The van der Waals surface area contributed by atoms with E-state index in [0.29, 0.717) is 5.39 Å². The van der Waals surface area contributed by atoms with Gasteiger partial charge in [0, 0.05) is 37.7 Å². The van der Waals surface area contributed by atoms with Crippen LogP contribution in [0.2, 0.25) is 30.1 Å². The van der Waals surface area contributed by atoms with Gasteiger partial charge in [0.1, 0.15) is 0 Å². The number of halogens is 6. The molecule has 0 N–H and O–H groups in total. The standard InChI is InChI=1S/C28H14Cl6O8/c1-39-25(35)8-6-5-7-9-10(8)16(26(36)40-2)22(32)20(30)14(9)15-12-11(7)19(29)23(33)17(27(37)41-3)13(12)18(28(38)42-4)24(34)21(15)31/h5-6H,1-4H3. The van der Waals surface area contributed by atoms with Crippen molar-refractivity contribution >= 4 is 137 Å². The summed E-state index contributed by atoms with van der Waals surface area (Å²) in [5.74, 6) is -3.58. The van der Waals surface area contributed by atoms with Crippen molar-refractivity contribution in [3.05, 3.63) is 64.5 Å². The van der Waals surface area contributed by atoms with Gasteiger partial charge in [0.25, 0.3) is 0 Å². The van der Waals surface area contributed by atoms with Gasteiger partial charge in [0.2, 0.25) is 0 Å². The molecule has 8 nitrogen and oxygen atoms in total. The summed E-state index contributed by atoms with van der Waals surface area (Å²) >= 11 is 40.6. The summed E-state index contributed by atoms with van der Waals surface area (Å²) in [5.41, 5.74) is -0.866. The molecule has 0 unspecified atom stereocenters. The van der Waals surface area contributed by atoms with Gasteiger partial charge in [0.15, 0.2) is 0 Å². The summed E-state index contributed by atoms with van der Waals surface area (Å²) in [7, 11) is 4.52. The summed E-state index contributed by atoms with van der Waals surface area (Å²) < 4.78 is 19.9. The third-order valence-electron chi connectivity index (χ3n) is 6.94. The summed E-state index contributed by atoms with van der Waals surface area (Å²) in [6.45, 7) is 0. The molecule has 5 aromatic carbocycles. The molecule has 5 rings (SSSR count). The van der Waals surface area contributed by atoms with Gasteiger partial charge in [-0.15, -0.1) is 0 Å². The molecule has 0 atom stereocenters. The Bertz CT molecular complexity index is 2050. The lowest BCUT2D eigenvalue weighted by Crippen LogP contribution is -2.12. The average molecular weight is 691 g/mol. The molecule has 0 bridgehead atoms. The number of hydrogen-bond donors (Lipinski definition) is 0. The van der Waals surface area contributed by atoms with Gasteiger partial charge < -0.3 is 18.9 Å². The Morgan fingerprint density at radius 2 is 0.810 bits per heavy atom. The first kappa shape index (κ1) is 30.5. The molecule has 0 spiro atoms. The number of fused-ring (bicyclic) bond motifs is 2. The minimum absolute atomic E-state index is 0.0165. The zero-order valence-electron chi connectivity index (χ0n) is 21.7. The van der Waals surface area contributed by atoms with E-state index >= 15 is 0 Å². The Morgan fingerprint density at radius 3 is 1.24 bits per heavy atom. The van der Waals surface area contributed by atoms with Gasteiger partial charge in [-0.05, 0) is 11.5 Å². The number of rotatable bonds is 4. The van der Waals surface area contributed by atoms with Crippen molar-refractivity contribution in [1.82, 2.24) is 0 Å². The second-order valence-corrected chi connectivity index (χ2v) is 11.0. The maximum absolute atomic E-state index is 13.1. The highest BCUT2D eigenvalue weighted by atomic mass is 35.5. The van der Waals surface area contributed by atoms with Gasteiger partial charge in [0.05, 0.1) is 80.8 Å². The number of ether oxygens (including phenoxy) is 4. The lowest BCUT2D eigenvalue weighted by Gasteiger charge is -2.24. The van der Waals surface area contributed by atoms with E-state index < -0.39 is 23.9 Å². The number of methoxy groups -OCH3 is 4. The molecule has 0 saturated heterocycles. The third-order valence-corrected chi connectivity index (χ3v) is 9.50. The van der Waals surface area contributed by atoms with Crippen molar-refractivity contribution in [1.29, 1.82) is 0 Å². The number of esters is 4. The lowest BCUT2D eigenvalue weighted by molar-refractivity contribution is 0.0586. The molecule has 5 aromatic rings. The van der Waals surface area contributed by atoms with E-state index in [4.69, 9.17) is 88.6 Å². The van der Waals surface area contributed by atoms with Crippen molar-refractivity contribution in [3.8, 4) is 0 Å². The van der Waals surface area contributed by atoms with Gasteiger partial charge >= 0.3 is 23.9 Å². The van der Waals surface area contributed by atoms with Crippen LogP contribution in [-0.2, 0) is 18.9 Å². The normalized spacial score (nSPS) is 11.5. The van der Waals surface area contributed by atoms with Crippen molar-refractivity contribution in [3.63, 3.8) is 0 Å². The third kappa shape index (κ3) is 3.97. The van der Waals surface area contributed by atoms with Crippen molar-refractivity contribution in [2.75, 3.05) is 28.4 Å². The predicted molar refractivity (Wildman–Crippen MR) is 163 cm³/mol. The molecule has 0 radical (unpaired) electrons. The lowest BCUT2D eigenvalue weighted by atomic mass is 9.84. The Hall–Kier alpha value is -2.98. The number of hydrogen-bond acceptors (Lipinski definition) is 8. The van der Waals surface area contributed by atoms with E-state index in [1.165, 1.54) is 12.1 Å². The minimum atomic E-state index is -0.940. The summed E-state index contributed by atoms with van der Waals surface area (Å²) in [4.78, 5) is 52.2. The fourth-order valence-electron chi connectivity index (χ4n) is 5.28. The van der Waals surface area contributed by atoms with Gasteiger partial charge in [-0.2, -0.15) is 0 Å². The first-order valence-electron chi connectivity index (χ1n) is 11.6. The van der Waals surface area contributed by atoms with E-state index in [0.717, 1.165) is 28.4 Å². The quantitative estimate of drug-likeness (QED) is 0.0798. The van der Waals surface area contributed by atoms with E-state index in [-0.39, 0.29) is 90.1 Å². The van der Waals surface area contributed by atoms with E-state index in [2.05, 4.69) is 0 Å². The number of carbonyl (C=O) groups is 4. The predicted octanol–water partition coefficient (Wildman–Crippen LogP) is 8.80. The van der Waals surface area contributed by atoms with Crippen LogP contribution in [0, 0.1) is 0 Å². The molecule has 0 aromatic heterocycles. The van der Waals surface area contributed by atoms with Crippen LogP contribution < -0.4 is 0 Å². The molecule has 216 valence electrons. The average Bonchev–Trinajstić information content (AvgIpc) is 2.99. The monoisotopic (exact) mass is 688 g/mol. The highest BCUT2D eigenvalue weighted by molar-refractivity contribution is 6.59. The second kappa shape index (κ2) is 10.9. The molecule has 0 amide bonds. The highest BCUT2D eigenvalue weighted by Gasteiger charge is 2.35. The maximum Gasteiger partial charge on any atom is 0.340 e. The van der Waals surface area contributed by atoms with E-state index in [9.17, 15) is 19.2 Å². The van der Waals surface area contributed by atoms with Crippen molar-refractivity contribution in [2.24, 2.45) is 0 Å². The summed E-state index contributed by atoms with van der Waals surface area (Å²) in [6.07, 6.45) is 0. The van der Waals surface area contributed by atoms with Crippen LogP contribution in [0.4, 0.5) is 0 Å². The highest BCUT2D eigenvalue weighted by Crippen LogP contribution is 2.55. The molecular formula is C28H14Cl6O8. The smallest absolute Gasteiger partial charge is 0.340 e. The largest absolute Gasteiger partial charge is 0.465 e. The molecule has 0 heterocycles. The van der Waals surface area contributed by atoms with Crippen LogP contribution >= 0.6 is 69.6 Å². The number of benzene rings is 5. The van der Waals surface area contributed by atoms with Crippen molar-refractivity contribution in [2.45, 2.75) is 0 Å². The minimum Gasteiger partial charge on any atom is -0.465 e. The van der Waals surface area contributed by atoms with Gasteiger partial charge in [-0.25, -0.2) is 19.2 Å². The fraction of sp³-hybridized carbons (Fsp3) is 0.143. The Labute approximate surface area is 266 Å². The van der Waals surface area contributed by atoms with E-state index in [1.807, 2.05) is 0 Å². The molecule has 0 saturated carbocycles. The first-order chi connectivity index (χ1) is 19.9. The summed E-state index contributed by atoms with van der Waals surface area (Å²) in [6, 6.07) is 2.90. The molecular weight excluding hydrogens is 677 g/mol. The Morgan fingerprint density at radius 1 is 0.429 bits per heavy atom.